The van der Waals surface area contributed by atoms with E-state index in [0.29, 0.717) is 50.0 Å². The first-order valence-electron chi connectivity index (χ1n) is 12.8. The molecule has 2 aliphatic heterocycles. The SMILES string of the molecule is Cc1ccc(NC2CCCN(c3nnc(C(N)=O)c(Nc4ccc(C(=O)N5CCOCC5)cc4)n3)C2)cc1. The van der Waals surface area contributed by atoms with Gasteiger partial charge in [0.25, 0.3) is 11.8 Å². The Balaban J connectivity index is 1.30. The van der Waals surface area contributed by atoms with Crippen molar-refractivity contribution in [2.75, 3.05) is 54.9 Å². The minimum atomic E-state index is -0.726. The Morgan fingerprint density at radius 1 is 0.974 bits per heavy atom. The molecule has 198 valence electrons. The Hall–Kier alpha value is -4.25. The van der Waals surface area contributed by atoms with Gasteiger partial charge in [0.2, 0.25) is 5.95 Å². The van der Waals surface area contributed by atoms with E-state index in [2.05, 4.69) is 61.9 Å². The number of aryl methyl sites for hydroxylation is 1. The van der Waals surface area contributed by atoms with Crippen LogP contribution in [0.5, 0.6) is 0 Å². The van der Waals surface area contributed by atoms with Crippen LogP contribution in [0, 0.1) is 6.92 Å². The number of nitrogens with two attached hydrogens (primary N) is 1. The van der Waals surface area contributed by atoms with E-state index in [0.717, 1.165) is 25.1 Å². The van der Waals surface area contributed by atoms with E-state index in [9.17, 15) is 9.59 Å². The standard InChI is InChI=1S/C27H32N8O3/c1-18-4-8-20(9-5-18)29-22-3-2-12-35(17-22)27-31-25(23(24(28)36)32-33-27)30-21-10-6-19(7-11-21)26(37)34-13-15-38-16-14-34/h4-11,22,29H,2-3,12-17H2,1H3,(H2,28,36)(H,30,31,33). The lowest BCUT2D eigenvalue weighted by atomic mass is 10.1. The highest BCUT2D eigenvalue weighted by molar-refractivity contribution is 5.97. The number of carbonyl (C=O) groups is 2. The lowest BCUT2D eigenvalue weighted by molar-refractivity contribution is 0.0303. The Morgan fingerprint density at radius 2 is 1.68 bits per heavy atom. The maximum atomic E-state index is 12.7. The van der Waals surface area contributed by atoms with Gasteiger partial charge in [-0.05, 0) is 56.2 Å². The molecule has 2 saturated heterocycles. The van der Waals surface area contributed by atoms with Crippen LogP contribution in [-0.4, -0.2) is 77.3 Å². The van der Waals surface area contributed by atoms with E-state index < -0.39 is 5.91 Å². The van der Waals surface area contributed by atoms with E-state index >= 15 is 0 Å². The minimum Gasteiger partial charge on any atom is -0.381 e. The monoisotopic (exact) mass is 516 g/mol. The number of primary amides is 1. The number of carbonyl (C=O) groups excluding carboxylic acids is 2. The quantitative estimate of drug-likeness (QED) is 0.432. The van der Waals surface area contributed by atoms with Crippen molar-refractivity contribution in [2.24, 2.45) is 5.73 Å². The largest absolute Gasteiger partial charge is 0.381 e. The molecular formula is C27H32N8O3. The molecule has 2 amide bonds. The van der Waals surface area contributed by atoms with E-state index in [1.165, 1.54) is 5.56 Å². The summed E-state index contributed by atoms with van der Waals surface area (Å²) in [7, 11) is 0. The number of ether oxygens (including phenoxy) is 1. The maximum absolute atomic E-state index is 12.7. The predicted octanol–water partition coefficient (Wildman–Crippen LogP) is 2.58. The highest BCUT2D eigenvalue weighted by Gasteiger charge is 2.24. The van der Waals surface area contributed by atoms with Crippen LogP contribution in [0.2, 0.25) is 0 Å². The average Bonchev–Trinajstić information content (AvgIpc) is 2.95. The van der Waals surface area contributed by atoms with Gasteiger partial charge < -0.3 is 30.9 Å². The molecule has 1 unspecified atom stereocenters. The summed E-state index contributed by atoms with van der Waals surface area (Å²) < 4.78 is 5.32. The molecule has 38 heavy (non-hydrogen) atoms. The summed E-state index contributed by atoms with van der Waals surface area (Å²) in [6.45, 7) is 5.79. The molecule has 0 spiro atoms. The number of nitrogens with one attached hydrogen (secondary N) is 2. The average molecular weight is 517 g/mol. The summed E-state index contributed by atoms with van der Waals surface area (Å²) in [6, 6.07) is 15.6. The summed E-state index contributed by atoms with van der Waals surface area (Å²) in [5, 5.41) is 15.0. The lowest BCUT2D eigenvalue weighted by Crippen LogP contribution is -2.43. The van der Waals surface area contributed by atoms with Crippen molar-refractivity contribution in [3.8, 4) is 0 Å². The van der Waals surface area contributed by atoms with Gasteiger partial charge in [0, 0.05) is 49.2 Å². The number of rotatable bonds is 7. The molecular weight excluding hydrogens is 484 g/mol. The van der Waals surface area contributed by atoms with Crippen LogP contribution >= 0.6 is 0 Å². The van der Waals surface area contributed by atoms with Gasteiger partial charge in [-0.1, -0.05) is 17.7 Å². The third-order valence-electron chi connectivity index (χ3n) is 6.73. The van der Waals surface area contributed by atoms with Crippen LogP contribution in [0.3, 0.4) is 0 Å². The van der Waals surface area contributed by atoms with Crippen molar-refractivity contribution in [1.82, 2.24) is 20.1 Å². The van der Waals surface area contributed by atoms with Crippen molar-refractivity contribution in [3.63, 3.8) is 0 Å². The van der Waals surface area contributed by atoms with Crippen molar-refractivity contribution in [1.29, 1.82) is 0 Å². The zero-order chi connectivity index (χ0) is 26.5. The zero-order valence-electron chi connectivity index (χ0n) is 21.4. The van der Waals surface area contributed by atoms with Gasteiger partial charge in [0.05, 0.1) is 13.2 Å². The number of piperidine rings is 1. The van der Waals surface area contributed by atoms with E-state index in [1.807, 2.05) is 0 Å². The second kappa shape index (κ2) is 11.4. The topological polar surface area (TPSA) is 139 Å². The van der Waals surface area contributed by atoms with Crippen LogP contribution in [-0.2, 0) is 4.74 Å². The molecule has 3 heterocycles. The van der Waals surface area contributed by atoms with E-state index in [-0.39, 0.29) is 23.5 Å². The first kappa shape index (κ1) is 25.4. The predicted molar refractivity (Wildman–Crippen MR) is 145 cm³/mol. The molecule has 3 aromatic rings. The van der Waals surface area contributed by atoms with Crippen LogP contribution in [0.4, 0.5) is 23.1 Å². The first-order valence-corrected chi connectivity index (χ1v) is 12.8. The highest BCUT2D eigenvalue weighted by atomic mass is 16.5. The van der Waals surface area contributed by atoms with Crippen LogP contribution < -0.4 is 21.3 Å². The number of hydrogen-bond acceptors (Lipinski definition) is 9. The normalized spacial score (nSPS) is 17.7. The summed E-state index contributed by atoms with van der Waals surface area (Å²) in [5.41, 5.74) is 9.02. The number of aromatic nitrogens is 3. The Morgan fingerprint density at radius 3 is 2.39 bits per heavy atom. The molecule has 2 aliphatic rings. The third-order valence-corrected chi connectivity index (χ3v) is 6.73. The van der Waals surface area contributed by atoms with Crippen molar-refractivity contribution in [2.45, 2.75) is 25.8 Å². The number of nitrogens with zero attached hydrogens (tertiary/aromatic N) is 5. The number of anilines is 4. The highest BCUT2D eigenvalue weighted by Crippen LogP contribution is 2.24. The molecule has 0 radical (unpaired) electrons. The molecule has 4 N–H and O–H groups in total. The molecule has 11 heteroatoms. The molecule has 1 aromatic heterocycles. The van der Waals surface area contributed by atoms with E-state index in [1.54, 1.807) is 29.2 Å². The van der Waals surface area contributed by atoms with Gasteiger partial charge in [-0.15, -0.1) is 10.2 Å². The molecule has 11 nitrogen and oxygen atoms in total. The molecule has 1 atom stereocenters. The minimum absolute atomic E-state index is 0.0393. The van der Waals surface area contributed by atoms with Crippen LogP contribution in [0.25, 0.3) is 0 Å². The van der Waals surface area contributed by atoms with Gasteiger partial charge >= 0.3 is 0 Å². The van der Waals surface area contributed by atoms with Gasteiger partial charge in [0.15, 0.2) is 11.5 Å². The van der Waals surface area contributed by atoms with Crippen molar-refractivity contribution < 1.29 is 14.3 Å². The summed E-state index contributed by atoms with van der Waals surface area (Å²) in [6.07, 6.45) is 1.99. The van der Waals surface area contributed by atoms with Crippen molar-refractivity contribution in [3.05, 3.63) is 65.4 Å². The fourth-order valence-corrected chi connectivity index (χ4v) is 4.65. The Bertz CT molecular complexity index is 1280. The summed E-state index contributed by atoms with van der Waals surface area (Å²) >= 11 is 0. The van der Waals surface area contributed by atoms with Gasteiger partial charge in [-0.3, -0.25) is 9.59 Å². The molecule has 5 rings (SSSR count). The molecule has 0 aliphatic carbocycles. The second-order valence-corrected chi connectivity index (χ2v) is 9.58. The van der Waals surface area contributed by atoms with Crippen LogP contribution in [0.15, 0.2) is 48.5 Å². The fourth-order valence-electron chi connectivity index (χ4n) is 4.65. The number of benzene rings is 2. The Labute approximate surface area is 221 Å². The number of hydrogen-bond donors (Lipinski definition) is 3. The second-order valence-electron chi connectivity index (χ2n) is 9.58. The fraction of sp³-hybridized carbons (Fsp3) is 0.370. The molecule has 2 aromatic carbocycles. The molecule has 2 fully saturated rings. The van der Waals surface area contributed by atoms with Gasteiger partial charge in [-0.25, -0.2) is 0 Å². The molecule has 0 saturated carbocycles. The van der Waals surface area contributed by atoms with Gasteiger partial charge in [-0.2, -0.15) is 4.98 Å². The lowest BCUT2D eigenvalue weighted by Gasteiger charge is -2.33. The Kier molecular flexibility index (Phi) is 7.64. The smallest absolute Gasteiger partial charge is 0.273 e. The molecule has 0 bridgehead atoms. The van der Waals surface area contributed by atoms with E-state index in [4.69, 9.17) is 10.5 Å². The van der Waals surface area contributed by atoms with Crippen molar-refractivity contribution >= 4 is 35.0 Å². The summed E-state index contributed by atoms with van der Waals surface area (Å²) in [4.78, 5) is 33.2. The first-order chi connectivity index (χ1) is 18.5. The van der Waals surface area contributed by atoms with Gasteiger partial charge in [0.1, 0.15) is 0 Å². The number of morpholine rings is 1. The maximum Gasteiger partial charge on any atom is 0.273 e. The zero-order valence-corrected chi connectivity index (χ0v) is 21.4. The van der Waals surface area contributed by atoms with Crippen LogP contribution in [0.1, 0.15) is 39.3 Å². The third kappa shape index (κ3) is 6.00. The number of amides is 2. The summed E-state index contributed by atoms with van der Waals surface area (Å²) in [5.74, 6) is -0.117.